The van der Waals surface area contributed by atoms with E-state index in [0.29, 0.717) is 16.9 Å². The predicted molar refractivity (Wildman–Crippen MR) is 93.3 cm³/mol. The van der Waals surface area contributed by atoms with Crippen LogP contribution in [-0.4, -0.2) is 28.9 Å². The van der Waals surface area contributed by atoms with Gasteiger partial charge in [-0.15, -0.1) is 0 Å². The van der Waals surface area contributed by atoms with Gasteiger partial charge in [-0.25, -0.2) is 0 Å². The second kappa shape index (κ2) is 5.45. The maximum Gasteiger partial charge on any atom is 0.203 e. The standard InChI is InChI=1S/C19H16N2O3/c1-23-17-9-13-11-21(19(22)15(13)10-18(17)24-2)14-5-6-16-12(8-14)4-3-7-20-16/h3-11,22H,1-2H3. The molecule has 120 valence electrons. The Morgan fingerprint density at radius 2 is 1.75 bits per heavy atom. The van der Waals surface area contributed by atoms with Crippen molar-refractivity contribution in [1.82, 2.24) is 9.55 Å². The number of hydrogen-bond donors (Lipinski definition) is 1. The molecule has 0 aliphatic rings. The van der Waals surface area contributed by atoms with Gasteiger partial charge >= 0.3 is 0 Å². The van der Waals surface area contributed by atoms with E-state index in [1.807, 2.05) is 42.6 Å². The highest BCUT2D eigenvalue weighted by Gasteiger charge is 2.14. The van der Waals surface area contributed by atoms with Crippen LogP contribution in [-0.2, 0) is 0 Å². The molecule has 0 unspecified atom stereocenters. The third kappa shape index (κ3) is 2.13. The lowest BCUT2D eigenvalue weighted by molar-refractivity contribution is 0.355. The van der Waals surface area contributed by atoms with E-state index in [9.17, 15) is 5.11 Å². The van der Waals surface area contributed by atoms with Crippen molar-refractivity contribution < 1.29 is 14.6 Å². The number of nitrogens with zero attached hydrogens (tertiary/aromatic N) is 2. The molecule has 0 fully saturated rings. The smallest absolute Gasteiger partial charge is 0.203 e. The lowest BCUT2D eigenvalue weighted by atomic mass is 10.2. The van der Waals surface area contributed by atoms with Gasteiger partial charge in [0.25, 0.3) is 0 Å². The van der Waals surface area contributed by atoms with Crippen molar-refractivity contribution in [1.29, 1.82) is 0 Å². The Morgan fingerprint density at radius 3 is 2.54 bits per heavy atom. The van der Waals surface area contributed by atoms with Gasteiger partial charge in [0.05, 0.1) is 19.7 Å². The van der Waals surface area contributed by atoms with Gasteiger partial charge < -0.3 is 14.6 Å². The van der Waals surface area contributed by atoms with Gasteiger partial charge in [0.15, 0.2) is 11.5 Å². The molecule has 2 heterocycles. The second-order valence-corrected chi connectivity index (χ2v) is 5.50. The molecular weight excluding hydrogens is 304 g/mol. The van der Waals surface area contributed by atoms with E-state index in [2.05, 4.69) is 4.98 Å². The van der Waals surface area contributed by atoms with E-state index < -0.39 is 0 Å². The van der Waals surface area contributed by atoms with Crippen LogP contribution in [0.25, 0.3) is 27.4 Å². The first kappa shape index (κ1) is 14.4. The molecule has 0 atom stereocenters. The zero-order valence-corrected chi connectivity index (χ0v) is 13.4. The minimum Gasteiger partial charge on any atom is -0.494 e. The van der Waals surface area contributed by atoms with Crippen LogP contribution >= 0.6 is 0 Å². The summed E-state index contributed by atoms with van der Waals surface area (Å²) in [5.74, 6) is 1.37. The first-order chi connectivity index (χ1) is 11.7. The quantitative estimate of drug-likeness (QED) is 0.622. The molecule has 0 radical (unpaired) electrons. The average molecular weight is 320 g/mol. The van der Waals surface area contributed by atoms with E-state index in [1.54, 1.807) is 31.0 Å². The first-order valence-corrected chi connectivity index (χ1v) is 7.52. The molecule has 5 heteroatoms. The molecular formula is C19H16N2O3. The van der Waals surface area contributed by atoms with Crippen LogP contribution in [0.1, 0.15) is 0 Å². The maximum atomic E-state index is 10.6. The van der Waals surface area contributed by atoms with Crippen molar-refractivity contribution in [3.63, 3.8) is 0 Å². The minimum absolute atomic E-state index is 0.161. The van der Waals surface area contributed by atoms with Crippen molar-refractivity contribution >= 4 is 21.7 Å². The molecule has 0 saturated heterocycles. The number of rotatable bonds is 3. The Balaban J connectivity index is 1.93. The van der Waals surface area contributed by atoms with Crippen LogP contribution < -0.4 is 9.47 Å². The Morgan fingerprint density at radius 1 is 0.958 bits per heavy atom. The number of hydrogen-bond acceptors (Lipinski definition) is 4. The Hall–Kier alpha value is -3.21. The zero-order chi connectivity index (χ0) is 16.7. The van der Waals surface area contributed by atoms with Crippen LogP contribution in [0.3, 0.4) is 0 Å². The fraction of sp³-hybridized carbons (Fsp3) is 0.105. The molecule has 2 aromatic heterocycles. The monoisotopic (exact) mass is 320 g/mol. The lowest BCUT2D eigenvalue weighted by Crippen LogP contribution is -1.91. The van der Waals surface area contributed by atoms with Crippen LogP contribution in [0.2, 0.25) is 0 Å². The van der Waals surface area contributed by atoms with Crippen LogP contribution in [0.15, 0.2) is 54.9 Å². The highest BCUT2D eigenvalue weighted by Crippen LogP contribution is 2.38. The SMILES string of the molecule is COc1cc2cn(-c3ccc4ncccc4c3)c(O)c2cc1OC. The summed E-state index contributed by atoms with van der Waals surface area (Å²) in [6.45, 7) is 0. The molecule has 0 saturated carbocycles. The molecule has 0 amide bonds. The van der Waals surface area contributed by atoms with Gasteiger partial charge in [-0.3, -0.25) is 9.55 Å². The third-order valence-electron chi connectivity index (χ3n) is 4.16. The molecule has 0 aliphatic carbocycles. The van der Waals surface area contributed by atoms with Gasteiger partial charge in [0, 0.05) is 34.2 Å². The fourth-order valence-corrected chi connectivity index (χ4v) is 2.93. The number of aromatic hydroxyl groups is 1. The molecule has 2 aromatic carbocycles. The number of pyridine rings is 1. The molecule has 0 aliphatic heterocycles. The number of methoxy groups -OCH3 is 2. The van der Waals surface area contributed by atoms with Gasteiger partial charge in [0.2, 0.25) is 5.88 Å². The van der Waals surface area contributed by atoms with Crippen molar-refractivity contribution in [3.8, 4) is 23.1 Å². The minimum atomic E-state index is 0.161. The van der Waals surface area contributed by atoms with E-state index in [4.69, 9.17) is 9.47 Å². The van der Waals surface area contributed by atoms with Crippen LogP contribution in [0.5, 0.6) is 17.4 Å². The van der Waals surface area contributed by atoms with Crippen LogP contribution in [0.4, 0.5) is 0 Å². The van der Waals surface area contributed by atoms with Gasteiger partial charge in [-0.2, -0.15) is 0 Å². The highest BCUT2D eigenvalue weighted by atomic mass is 16.5. The van der Waals surface area contributed by atoms with Gasteiger partial charge in [0.1, 0.15) is 0 Å². The topological polar surface area (TPSA) is 56.5 Å². The fourth-order valence-electron chi connectivity index (χ4n) is 2.93. The van der Waals surface area contributed by atoms with Gasteiger partial charge in [-0.1, -0.05) is 6.07 Å². The molecule has 0 spiro atoms. The number of benzene rings is 2. The Bertz CT molecular complexity index is 1050. The molecule has 5 nitrogen and oxygen atoms in total. The van der Waals surface area contributed by atoms with Crippen molar-refractivity contribution in [3.05, 3.63) is 54.9 Å². The number of aromatic nitrogens is 2. The summed E-state index contributed by atoms with van der Waals surface area (Å²) in [4.78, 5) is 4.32. The van der Waals surface area contributed by atoms with E-state index in [-0.39, 0.29) is 5.88 Å². The number of fused-ring (bicyclic) bond motifs is 2. The van der Waals surface area contributed by atoms with Crippen molar-refractivity contribution in [2.45, 2.75) is 0 Å². The van der Waals surface area contributed by atoms with Crippen molar-refractivity contribution in [2.24, 2.45) is 0 Å². The van der Waals surface area contributed by atoms with Gasteiger partial charge in [-0.05, 0) is 36.4 Å². The van der Waals surface area contributed by atoms with E-state index in [0.717, 1.165) is 22.0 Å². The van der Waals surface area contributed by atoms with E-state index in [1.165, 1.54) is 0 Å². The van der Waals surface area contributed by atoms with Crippen LogP contribution in [0, 0.1) is 0 Å². The number of ether oxygens (including phenoxy) is 2. The second-order valence-electron chi connectivity index (χ2n) is 5.50. The summed E-state index contributed by atoms with van der Waals surface area (Å²) < 4.78 is 12.4. The summed E-state index contributed by atoms with van der Waals surface area (Å²) in [5.41, 5.74) is 1.78. The third-order valence-corrected chi connectivity index (χ3v) is 4.16. The molecule has 0 bridgehead atoms. The molecule has 4 aromatic rings. The predicted octanol–water partition coefficient (Wildman–Crippen LogP) is 3.90. The zero-order valence-electron chi connectivity index (χ0n) is 13.4. The summed E-state index contributed by atoms with van der Waals surface area (Å²) in [7, 11) is 3.17. The Kier molecular flexibility index (Phi) is 3.27. The normalized spacial score (nSPS) is 11.1. The van der Waals surface area contributed by atoms with Crippen molar-refractivity contribution in [2.75, 3.05) is 14.2 Å². The Labute approximate surface area is 138 Å². The first-order valence-electron chi connectivity index (χ1n) is 7.52. The average Bonchev–Trinajstić information content (AvgIpc) is 2.96. The summed E-state index contributed by atoms with van der Waals surface area (Å²) >= 11 is 0. The largest absolute Gasteiger partial charge is 0.494 e. The lowest BCUT2D eigenvalue weighted by Gasteiger charge is -2.07. The highest BCUT2D eigenvalue weighted by molar-refractivity contribution is 5.92. The molecule has 4 rings (SSSR count). The van der Waals surface area contributed by atoms with E-state index >= 15 is 0 Å². The summed E-state index contributed by atoms with van der Waals surface area (Å²) in [5, 5.41) is 13.2. The summed E-state index contributed by atoms with van der Waals surface area (Å²) in [6.07, 6.45) is 3.64. The molecule has 24 heavy (non-hydrogen) atoms. The molecule has 1 N–H and O–H groups in total. The summed E-state index contributed by atoms with van der Waals surface area (Å²) in [6, 6.07) is 13.4. The maximum absolute atomic E-state index is 10.6.